The Bertz CT molecular complexity index is 568. The van der Waals surface area contributed by atoms with Crippen LogP contribution in [0, 0.1) is 5.92 Å². The number of aromatic nitrogens is 2. The number of carbonyl (C=O) groups excluding carboxylic acids is 1. The zero-order chi connectivity index (χ0) is 17.8. The third kappa shape index (κ3) is 4.39. The molecule has 25 heavy (non-hydrogen) atoms. The Hall–Kier alpha value is -1.47. The van der Waals surface area contributed by atoms with Gasteiger partial charge in [-0.25, -0.2) is 0 Å². The van der Waals surface area contributed by atoms with Crippen LogP contribution in [0.4, 0.5) is 0 Å². The molecule has 0 aromatic carbocycles. The van der Waals surface area contributed by atoms with Crippen LogP contribution in [-0.2, 0) is 14.3 Å². The van der Waals surface area contributed by atoms with Gasteiger partial charge in [0.05, 0.1) is 6.10 Å². The maximum absolute atomic E-state index is 12.7. The summed E-state index contributed by atoms with van der Waals surface area (Å²) in [6.07, 6.45) is 4.20. The van der Waals surface area contributed by atoms with E-state index < -0.39 is 0 Å². The lowest BCUT2D eigenvalue weighted by Crippen LogP contribution is -2.41. The minimum Gasteiger partial charge on any atom is -0.381 e. The summed E-state index contributed by atoms with van der Waals surface area (Å²) in [5.74, 6) is 1.52. The second-order valence-corrected chi connectivity index (χ2v) is 7.31. The lowest BCUT2D eigenvalue weighted by Gasteiger charge is -2.29. The standard InChI is InChI=1S/C18H29N3O4/c1-4-13-5-6-14(24-13)17(22)19-15(12-7-9-23-10-8-12)18-20-16(11(2)3)21-25-18/h11-15H,4-10H2,1-3H3,(H,19,22)/t13-,14+,15-/m1/s1. The van der Waals surface area contributed by atoms with Crippen molar-refractivity contribution < 1.29 is 18.8 Å². The molecule has 0 spiro atoms. The van der Waals surface area contributed by atoms with E-state index in [2.05, 4.69) is 22.4 Å². The van der Waals surface area contributed by atoms with Gasteiger partial charge in [-0.05, 0) is 38.0 Å². The number of rotatable bonds is 6. The second kappa shape index (κ2) is 8.27. The van der Waals surface area contributed by atoms with Crippen molar-refractivity contribution in [3.8, 4) is 0 Å². The van der Waals surface area contributed by atoms with Gasteiger partial charge in [0, 0.05) is 19.1 Å². The van der Waals surface area contributed by atoms with Crippen molar-refractivity contribution >= 4 is 5.91 Å². The molecule has 2 aliphatic rings. The molecule has 1 N–H and O–H groups in total. The van der Waals surface area contributed by atoms with Crippen molar-refractivity contribution in [1.82, 2.24) is 15.5 Å². The Morgan fingerprint density at radius 2 is 2.00 bits per heavy atom. The molecule has 2 saturated heterocycles. The van der Waals surface area contributed by atoms with Crippen LogP contribution in [0.3, 0.4) is 0 Å². The Morgan fingerprint density at radius 3 is 2.60 bits per heavy atom. The maximum Gasteiger partial charge on any atom is 0.249 e. The van der Waals surface area contributed by atoms with Gasteiger partial charge < -0.3 is 19.3 Å². The number of hydrogen-bond donors (Lipinski definition) is 1. The minimum atomic E-state index is -0.375. The van der Waals surface area contributed by atoms with Crippen molar-refractivity contribution in [2.24, 2.45) is 5.92 Å². The average Bonchev–Trinajstić information content (AvgIpc) is 3.29. The highest BCUT2D eigenvalue weighted by molar-refractivity contribution is 5.81. The molecule has 7 heteroatoms. The van der Waals surface area contributed by atoms with Crippen LogP contribution in [0.1, 0.15) is 76.6 Å². The zero-order valence-electron chi connectivity index (χ0n) is 15.4. The van der Waals surface area contributed by atoms with Gasteiger partial charge in [0.25, 0.3) is 0 Å². The number of ether oxygens (including phenoxy) is 2. The normalized spacial score (nSPS) is 26.1. The Morgan fingerprint density at radius 1 is 1.24 bits per heavy atom. The van der Waals surface area contributed by atoms with Crippen molar-refractivity contribution in [1.29, 1.82) is 0 Å². The largest absolute Gasteiger partial charge is 0.381 e. The van der Waals surface area contributed by atoms with Crippen molar-refractivity contribution in [3.63, 3.8) is 0 Å². The van der Waals surface area contributed by atoms with E-state index in [0.717, 1.165) is 32.1 Å². The molecular weight excluding hydrogens is 322 g/mol. The molecule has 0 saturated carbocycles. The molecule has 1 aromatic heterocycles. The van der Waals surface area contributed by atoms with Gasteiger partial charge in [0.15, 0.2) is 5.82 Å². The molecule has 0 aliphatic carbocycles. The summed E-state index contributed by atoms with van der Waals surface area (Å²) < 4.78 is 16.8. The van der Waals surface area contributed by atoms with Crippen LogP contribution >= 0.6 is 0 Å². The van der Waals surface area contributed by atoms with Gasteiger partial charge in [-0.1, -0.05) is 25.9 Å². The van der Waals surface area contributed by atoms with Crippen LogP contribution in [0.5, 0.6) is 0 Å². The first-order valence-electron chi connectivity index (χ1n) is 9.45. The van der Waals surface area contributed by atoms with E-state index in [1.165, 1.54) is 0 Å². The van der Waals surface area contributed by atoms with E-state index in [1.807, 2.05) is 13.8 Å². The molecule has 0 unspecified atom stereocenters. The first-order valence-corrected chi connectivity index (χ1v) is 9.45. The van der Waals surface area contributed by atoms with Crippen LogP contribution in [0.2, 0.25) is 0 Å². The lowest BCUT2D eigenvalue weighted by atomic mass is 9.91. The van der Waals surface area contributed by atoms with Crippen LogP contribution in [-0.4, -0.2) is 41.5 Å². The molecule has 3 heterocycles. The van der Waals surface area contributed by atoms with E-state index in [-0.39, 0.29) is 36.0 Å². The Labute approximate surface area is 148 Å². The molecule has 0 bridgehead atoms. The van der Waals surface area contributed by atoms with Gasteiger partial charge in [-0.2, -0.15) is 4.98 Å². The van der Waals surface area contributed by atoms with Gasteiger partial charge in [-0.3, -0.25) is 4.79 Å². The molecule has 0 radical (unpaired) electrons. The fourth-order valence-corrected chi connectivity index (χ4v) is 3.48. The monoisotopic (exact) mass is 351 g/mol. The second-order valence-electron chi connectivity index (χ2n) is 7.31. The zero-order valence-corrected chi connectivity index (χ0v) is 15.4. The van der Waals surface area contributed by atoms with E-state index in [1.54, 1.807) is 0 Å². The van der Waals surface area contributed by atoms with E-state index >= 15 is 0 Å². The summed E-state index contributed by atoms with van der Waals surface area (Å²) in [6, 6.07) is -0.277. The van der Waals surface area contributed by atoms with Crippen molar-refractivity contribution in [3.05, 3.63) is 11.7 Å². The molecule has 2 aliphatic heterocycles. The first-order chi connectivity index (χ1) is 12.1. The van der Waals surface area contributed by atoms with Gasteiger partial charge >= 0.3 is 0 Å². The predicted molar refractivity (Wildman–Crippen MR) is 91.0 cm³/mol. The summed E-state index contributed by atoms with van der Waals surface area (Å²) in [5, 5.41) is 7.19. The molecule has 1 amide bonds. The van der Waals surface area contributed by atoms with E-state index in [9.17, 15) is 4.79 Å². The van der Waals surface area contributed by atoms with Crippen molar-refractivity contribution in [2.45, 2.75) is 77.0 Å². The topological polar surface area (TPSA) is 86.5 Å². The fraction of sp³-hybridized carbons (Fsp3) is 0.833. The number of carbonyl (C=O) groups is 1. The SMILES string of the molecule is CC[C@@H]1CC[C@@H](C(=O)N[C@@H](c2nc(C(C)C)no2)C2CCOCC2)O1. The van der Waals surface area contributed by atoms with Gasteiger partial charge in [0.2, 0.25) is 11.8 Å². The molecule has 2 fully saturated rings. The number of nitrogens with zero attached hydrogens (tertiary/aromatic N) is 2. The number of hydrogen-bond acceptors (Lipinski definition) is 6. The predicted octanol–water partition coefficient (Wildman–Crippen LogP) is 2.73. The number of amides is 1. The molecule has 7 nitrogen and oxygen atoms in total. The highest BCUT2D eigenvalue weighted by atomic mass is 16.5. The summed E-state index contributed by atoms with van der Waals surface area (Å²) in [4.78, 5) is 17.2. The molecule has 1 aromatic rings. The highest BCUT2D eigenvalue weighted by Gasteiger charge is 2.36. The number of nitrogens with one attached hydrogen (secondary N) is 1. The van der Waals surface area contributed by atoms with Gasteiger partial charge in [-0.15, -0.1) is 0 Å². The smallest absolute Gasteiger partial charge is 0.249 e. The molecule has 3 atom stereocenters. The third-order valence-corrected chi connectivity index (χ3v) is 5.13. The first kappa shape index (κ1) is 18.3. The van der Waals surface area contributed by atoms with E-state index in [0.29, 0.717) is 24.9 Å². The summed E-state index contributed by atoms with van der Waals surface area (Å²) >= 11 is 0. The van der Waals surface area contributed by atoms with Crippen LogP contribution < -0.4 is 5.32 Å². The Balaban J connectivity index is 1.72. The molecular formula is C18H29N3O4. The summed E-state index contributed by atoms with van der Waals surface area (Å²) in [7, 11) is 0. The van der Waals surface area contributed by atoms with Crippen LogP contribution in [0.25, 0.3) is 0 Å². The average molecular weight is 351 g/mol. The molecule has 3 rings (SSSR count). The van der Waals surface area contributed by atoms with Crippen molar-refractivity contribution in [2.75, 3.05) is 13.2 Å². The van der Waals surface area contributed by atoms with Crippen LogP contribution in [0.15, 0.2) is 4.52 Å². The Kier molecular flexibility index (Phi) is 6.06. The summed E-state index contributed by atoms with van der Waals surface area (Å²) in [5.41, 5.74) is 0. The van der Waals surface area contributed by atoms with Gasteiger partial charge in [0.1, 0.15) is 12.1 Å². The minimum absolute atomic E-state index is 0.0725. The lowest BCUT2D eigenvalue weighted by molar-refractivity contribution is -0.133. The molecule has 140 valence electrons. The quantitative estimate of drug-likeness (QED) is 0.848. The van der Waals surface area contributed by atoms with E-state index in [4.69, 9.17) is 14.0 Å². The fourth-order valence-electron chi connectivity index (χ4n) is 3.48. The maximum atomic E-state index is 12.7. The third-order valence-electron chi connectivity index (χ3n) is 5.13. The summed E-state index contributed by atoms with van der Waals surface area (Å²) in [6.45, 7) is 7.52. The highest BCUT2D eigenvalue weighted by Crippen LogP contribution is 2.31.